The van der Waals surface area contributed by atoms with Crippen LogP contribution in [0, 0.1) is 5.92 Å². The van der Waals surface area contributed by atoms with Gasteiger partial charge >= 0.3 is 0 Å². The second-order valence-electron chi connectivity index (χ2n) is 8.78. The summed E-state index contributed by atoms with van der Waals surface area (Å²) in [6, 6.07) is 6.26. The van der Waals surface area contributed by atoms with E-state index >= 15 is 0 Å². The van der Waals surface area contributed by atoms with Gasteiger partial charge in [-0.3, -0.25) is 0 Å². The predicted octanol–water partition coefficient (Wildman–Crippen LogP) is 3.84. The smallest absolute Gasteiger partial charge is 0.194 e. The molecule has 1 unspecified atom stereocenters. The van der Waals surface area contributed by atoms with Gasteiger partial charge in [0.15, 0.2) is 5.96 Å². The summed E-state index contributed by atoms with van der Waals surface area (Å²) in [4.78, 5) is 14.9. The fourth-order valence-corrected chi connectivity index (χ4v) is 4.88. The average molecular weight is 577 g/mol. The lowest BCUT2D eigenvalue weighted by molar-refractivity contribution is 0.255. The third-order valence-electron chi connectivity index (χ3n) is 6.66. The molecular formula is C24H42ClIN6. The number of hydrogen-bond donors (Lipinski definition) is 1. The molecule has 1 aromatic rings. The largest absolute Gasteiger partial charge is 0.369 e. The number of nitrogens with zero attached hydrogens (tertiary/aromatic N) is 5. The van der Waals surface area contributed by atoms with E-state index < -0.39 is 0 Å². The summed E-state index contributed by atoms with van der Waals surface area (Å²) in [6.07, 6.45) is 1.24. The first-order valence-electron chi connectivity index (χ1n) is 12.0. The molecule has 2 heterocycles. The van der Waals surface area contributed by atoms with Gasteiger partial charge in [-0.1, -0.05) is 31.5 Å². The molecule has 0 spiro atoms. The van der Waals surface area contributed by atoms with Crippen molar-refractivity contribution in [3.8, 4) is 0 Å². The van der Waals surface area contributed by atoms with Gasteiger partial charge in [0.1, 0.15) is 0 Å². The van der Waals surface area contributed by atoms with Gasteiger partial charge in [-0.15, -0.1) is 24.0 Å². The molecule has 0 aromatic heterocycles. The zero-order valence-electron chi connectivity index (χ0n) is 20.3. The fourth-order valence-electron chi connectivity index (χ4n) is 4.65. The van der Waals surface area contributed by atoms with Gasteiger partial charge < -0.3 is 24.9 Å². The molecular weight excluding hydrogens is 535 g/mol. The van der Waals surface area contributed by atoms with Crippen LogP contribution in [0.3, 0.4) is 0 Å². The van der Waals surface area contributed by atoms with E-state index in [1.165, 1.54) is 18.7 Å². The van der Waals surface area contributed by atoms with E-state index in [-0.39, 0.29) is 24.0 Å². The Hall–Kier alpha value is -0.770. The number of piperazine rings is 1. The second-order valence-corrected chi connectivity index (χ2v) is 9.19. The van der Waals surface area contributed by atoms with Crippen molar-refractivity contribution in [2.45, 2.75) is 33.7 Å². The molecule has 32 heavy (non-hydrogen) atoms. The van der Waals surface area contributed by atoms with Gasteiger partial charge in [0.2, 0.25) is 0 Å². The van der Waals surface area contributed by atoms with Crippen LogP contribution < -0.4 is 10.2 Å². The molecule has 8 heteroatoms. The molecule has 2 saturated heterocycles. The number of rotatable bonds is 8. The molecule has 3 rings (SSSR count). The minimum atomic E-state index is 0. The van der Waals surface area contributed by atoms with Crippen molar-refractivity contribution < 1.29 is 0 Å². The van der Waals surface area contributed by atoms with Gasteiger partial charge in [-0.05, 0) is 51.5 Å². The number of nitrogens with one attached hydrogen (secondary N) is 1. The molecule has 0 aliphatic carbocycles. The summed E-state index contributed by atoms with van der Waals surface area (Å²) >= 11 is 6.66. The monoisotopic (exact) mass is 576 g/mol. The number of likely N-dealkylation sites (N-methyl/N-ethyl adjacent to an activating group) is 1. The quantitative estimate of drug-likeness (QED) is 0.289. The Labute approximate surface area is 217 Å². The highest BCUT2D eigenvalue weighted by Crippen LogP contribution is 2.29. The molecule has 1 aromatic carbocycles. The molecule has 0 bridgehead atoms. The van der Waals surface area contributed by atoms with Crippen molar-refractivity contribution >= 4 is 47.2 Å². The van der Waals surface area contributed by atoms with E-state index in [0.29, 0.717) is 12.5 Å². The second kappa shape index (κ2) is 13.8. The van der Waals surface area contributed by atoms with Crippen molar-refractivity contribution in [2.75, 3.05) is 77.4 Å². The number of likely N-dealkylation sites (tertiary alicyclic amines) is 1. The van der Waals surface area contributed by atoms with Crippen LogP contribution in [0.25, 0.3) is 0 Å². The number of guanidine groups is 1. The van der Waals surface area contributed by atoms with Crippen LogP contribution in [-0.2, 0) is 6.54 Å². The maximum Gasteiger partial charge on any atom is 0.194 e. The first kappa shape index (κ1) is 27.5. The summed E-state index contributed by atoms with van der Waals surface area (Å²) in [5.74, 6) is 1.73. The summed E-state index contributed by atoms with van der Waals surface area (Å²) in [5.41, 5.74) is 2.38. The molecule has 1 N–H and O–H groups in total. The van der Waals surface area contributed by atoms with E-state index in [0.717, 1.165) is 75.4 Å². The highest BCUT2D eigenvalue weighted by molar-refractivity contribution is 14.0. The van der Waals surface area contributed by atoms with Crippen LogP contribution in [0.15, 0.2) is 23.2 Å². The lowest BCUT2D eigenvalue weighted by Crippen LogP contribution is -2.44. The molecule has 6 nitrogen and oxygen atoms in total. The standard InChI is InChI=1S/C24H41ClN6.HI/c1-5-26-24(31-12-11-20(19-31)18-29(6-2)7-3)27-17-21-22(25)9-8-10-23(21)30-15-13-28(4)14-16-30;/h8-10,20H,5-7,11-19H2,1-4H3,(H,26,27);1H. The van der Waals surface area contributed by atoms with E-state index in [1.54, 1.807) is 0 Å². The van der Waals surface area contributed by atoms with Crippen LogP contribution in [-0.4, -0.2) is 93.2 Å². The van der Waals surface area contributed by atoms with E-state index in [2.05, 4.69) is 64.9 Å². The van der Waals surface area contributed by atoms with Crippen LogP contribution in [0.2, 0.25) is 5.02 Å². The van der Waals surface area contributed by atoms with Crippen molar-refractivity contribution in [1.29, 1.82) is 0 Å². The van der Waals surface area contributed by atoms with Gasteiger partial charge in [0.25, 0.3) is 0 Å². The van der Waals surface area contributed by atoms with Gasteiger partial charge in [0.05, 0.1) is 6.54 Å². The fraction of sp³-hybridized carbons (Fsp3) is 0.708. The van der Waals surface area contributed by atoms with Crippen LogP contribution >= 0.6 is 35.6 Å². The molecule has 2 aliphatic rings. The zero-order valence-corrected chi connectivity index (χ0v) is 23.4. The summed E-state index contributed by atoms with van der Waals surface area (Å²) in [6.45, 7) is 18.0. The molecule has 2 fully saturated rings. The highest BCUT2D eigenvalue weighted by atomic mass is 127. The number of aliphatic imine (C=N–C) groups is 1. The molecule has 2 aliphatic heterocycles. The van der Waals surface area contributed by atoms with Crippen molar-refractivity contribution in [3.63, 3.8) is 0 Å². The normalized spacial score (nSPS) is 20.1. The molecule has 0 radical (unpaired) electrons. The molecule has 0 saturated carbocycles. The lowest BCUT2D eigenvalue weighted by Gasteiger charge is -2.35. The topological polar surface area (TPSA) is 37.4 Å². The lowest BCUT2D eigenvalue weighted by atomic mass is 10.1. The Bertz CT molecular complexity index is 718. The molecule has 182 valence electrons. The van der Waals surface area contributed by atoms with Gasteiger partial charge in [0, 0.05) is 68.6 Å². The summed E-state index contributed by atoms with van der Waals surface area (Å²) in [5, 5.41) is 4.34. The van der Waals surface area contributed by atoms with Crippen molar-refractivity contribution in [1.82, 2.24) is 20.0 Å². The summed E-state index contributed by atoms with van der Waals surface area (Å²) in [7, 11) is 2.19. The van der Waals surface area contributed by atoms with Crippen LogP contribution in [0.1, 0.15) is 32.8 Å². The van der Waals surface area contributed by atoms with Crippen molar-refractivity contribution in [3.05, 3.63) is 28.8 Å². The third-order valence-corrected chi connectivity index (χ3v) is 7.01. The number of anilines is 1. The number of halogens is 2. The van der Waals surface area contributed by atoms with Crippen LogP contribution in [0.5, 0.6) is 0 Å². The molecule has 1 atom stereocenters. The van der Waals surface area contributed by atoms with Crippen LogP contribution in [0.4, 0.5) is 5.69 Å². The molecule has 0 amide bonds. The van der Waals surface area contributed by atoms with E-state index in [4.69, 9.17) is 16.6 Å². The zero-order chi connectivity index (χ0) is 22.2. The minimum Gasteiger partial charge on any atom is -0.369 e. The van der Waals surface area contributed by atoms with Gasteiger partial charge in [-0.2, -0.15) is 0 Å². The minimum absolute atomic E-state index is 0. The first-order chi connectivity index (χ1) is 15.0. The SMILES string of the molecule is CCNC(=NCc1c(Cl)cccc1N1CCN(C)CC1)N1CCC(CN(CC)CC)C1.I. The van der Waals surface area contributed by atoms with E-state index in [9.17, 15) is 0 Å². The predicted molar refractivity (Wildman–Crippen MR) is 149 cm³/mol. The third kappa shape index (κ3) is 7.37. The first-order valence-corrected chi connectivity index (χ1v) is 12.4. The Morgan fingerprint density at radius 2 is 1.84 bits per heavy atom. The average Bonchev–Trinajstić information content (AvgIpc) is 3.24. The Morgan fingerprint density at radius 1 is 1.12 bits per heavy atom. The maximum absolute atomic E-state index is 6.66. The van der Waals surface area contributed by atoms with Crippen molar-refractivity contribution in [2.24, 2.45) is 10.9 Å². The van der Waals surface area contributed by atoms with Gasteiger partial charge in [-0.25, -0.2) is 4.99 Å². The Balaban J connectivity index is 0.00000363. The maximum atomic E-state index is 6.66. The Kier molecular flexibility index (Phi) is 11.9. The van der Waals surface area contributed by atoms with E-state index in [1.807, 2.05) is 6.07 Å². The highest BCUT2D eigenvalue weighted by Gasteiger charge is 2.26. The number of benzene rings is 1. The number of hydrogen-bond acceptors (Lipinski definition) is 4. The summed E-state index contributed by atoms with van der Waals surface area (Å²) < 4.78 is 0. The Morgan fingerprint density at radius 3 is 2.50 bits per heavy atom.